The number of hydrogen-bond donors (Lipinski definition) is 2. The third-order valence-corrected chi connectivity index (χ3v) is 5.23. The Morgan fingerprint density at radius 1 is 1.13 bits per heavy atom. The first-order valence-electron chi connectivity index (χ1n) is 8.18. The van der Waals surface area contributed by atoms with E-state index in [9.17, 15) is 9.59 Å². The molecule has 0 aromatic heterocycles. The minimum Gasteiger partial charge on any atom is -0.351 e. The molecule has 0 radical (unpaired) electrons. The number of hydrogen-bond acceptors (Lipinski definition) is 2. The maximum absolute atomic E-state index is 12.6. The molecule has 0 bridgehead atoms. The van der Waals surface area contributed by atoms with Crippen LogP contribution in [-0.2, 0) is 4.79 Å². The van der Waals surface area contributed by atoms with Crippen molar-refractivity contribution in [2.24, 2.45) is 5.73 Å². The molecule has 1 aromatic rings. The van der Waals surface area contributed by atoms with E-state index in [-0.39, 0.29) is 11.9 Å². The van der Waals surface area contributed by atoms with E-state index in [1.54, 1.807) is 0 Å². The number of amides is 3. The van der Waals surface area contributed by atoms with Crippen LogP contribution in [0.4, 0.5) is 4.79 Å². The summed E-state index contributed by atoms with van der Waals surface area (Å²) in [5.41, 5.74) is 6.57. The molecule has 2 aliphatic rings. The molecule has 1 saturated carbocycles. The van der Waals surface area contributed by atoms with Crippen molar-refractivity contribution >= 4 is 23.5 Å². The molecule has 2 unspecified atom stereocenters. The second-order valence-corrected chi connectivity index (χ2v) is 6.83. The van der Waals surface area contributed by atoms with Crippen LogP contribution in [-0.4, -0.2) is 35.5 Å². The maximum atomic E-state index is 12.6. The molecule has 1 saturated heterocycles. The van der Waals surface area contributed by atoms with Gasteiger partial charge in [0.2, 0.25) is 5.91 Å². The quantitative estimate of drug-likeness (QED) is 0.891. The highest BCUT2D eigenvalue weighted by Crippen LogP contribution is 2.35. The summed E-state index contributed by atoms with van der Waals surface area (Å²) in [6, 6.07) is 7.02. The summed E-state index contributed by atoms with van der Waals surface area (Å²) in [5.74, 6) is 0.229. The molecule has 3 N–H and O–H groups in total. The van der Waals surface area contributed by atoms with Gasteiger partial charge < -0.3 is 16.0 Å². The van der Waals surface area contributed by atoms with Gasteiger partial charge in [0, 0.05) is 23.5 Å². The van der Waals surface area contributed by atoms with Crippen LogP contribution in [0, 0.1) is 0 Å². The van der Waals surface area contributed by atoms with Gasteiger partial charge in [0.15, 0.2) is 0 Å². The van der Waals surface area contributed by atoms with E-state index in [1.807, 2.05) is 24.3 Å². The lowest BCUT2D eigenvalue weighted by molar-refractivity contribution is -0.125. The lowest BCUT2D eigenvalue weighted by atomic mass is 9.94. The molecule has 3 rings (SSSR count). The molecule has 2 fully saturated rings. The van der Waals surface area contributed by atoms with E-state index in [0.29, 0.717) is 18.9 Å². The smallest absolute Gasteiger partial charge is 0.315 e. The number of rotatable bonds is 3. The average Bonchev–Trinajstić information content (AvgIpc) is 3.16. The van der Waals surface area contributed by atoms with Gasteiger partial charge >= 0.3 is 6.03 Å². The number of halogens is 1. The van der Waals surface area contributed by atoms with Crippen LogP contribution >= 0.6 is 11.6 Å². The second-order valence-electron chi connectivity index (χ2n) is 6.39. The zero-order valence-electron chi connectivity index (χ0n) is 13.0. The van der Waals surface area contributed by atoms with E-state index in [0.717, 1.165) is 30.7 Å². The number of nitrogens with two attached hydrogens (primary N) is 1. The van der Waals surface area contributed by atoms with E-state index in [1.165, 1.54) is 10.5 Å². The number of urea groups is 1. The molecule has 1 aliphatic heterocycles. The highest BCUT2D eigenvalue weighted by Gasteiger charge is 2.36. The number of benzene rings is 1. The Labute approximate surface area is 141 Å². The summed E-state index contributed by atoms with van der Waals surface area (Å²) < 4.78 is 0. The molecule has 1 heterocycles. The Morgan fingerprint density at radius 3 is 2.57 bits per heavy atom. The standard InChI is InChI=1S/C17H22ClN3O2/c18-12-8-6-11(7-9-12)13-3-1-4-14(13)20-16(22)15-5-2-10-21(15)17(19)23/h6-9,13-15H,1-5,10H2,(H2,19,23)(H,20,22)/t13?,14?,15-/m0/s1. The lowest BCUT2D eigenvalue weighted by Gasteiger charge is -2.26. The highest BCUT2D eigenvalue weighted by molar-refractivity contribution is 6.30. The van der Waals surface area contributed by atoms with Crippen molar-refractivity contribution in [2.75, 3.05) is 6.54 Å². The molecule has 3 atom stereocenters. The topological polar surface area (TPSA) is 75.4 Å². The van der Waals surface area contributed by atoms with E-state index in [2.05, 4.69) is 5.32 Å². The predicted octanol–water partition coefficient (Wildman–Crippen LogP) is 2.64. The van der Waals surface area contributed by atoms with Gasteiger partial charge in [0.1, 0.15) is 6.04 Å². The zero-order chi connectivity index (χ0) is 16.4. The molecule has 5 nitrogen and oxygen atoms in total. The fourth-order valence-electron chi connectivity index (χ4n) is 3.82. The number of primary amides is 1. The first-order chi connectivity index (χ1) is 11.1. The van der Waals surface area contributed by atoms with Gasteiger partial charge in [-0.1, -0.05) is 30.2 Å². The molecular formula is C17H22ClN3O2. The normalized spacial score (nSPS) is 27.2. The molecule has 6 heteroatoms. The molecule has 3 amide bonds. The van der Waals surface area contributed by atoms with Crippen molar-refractivity contribution in [1.29, 1.82) is 0 Å². The van der Waals surface area contributed by atoms with Crippen molar-refractivity contribution in [3.8, 4) is 0 Å². The average molecular weight is 336 g/mol. The maximum Gasteiger partial charge on any atom is 0.315 e. The van der Waals surface area contributed by atoms with Gasteiger partial charge in [-0.15, -0.1) is 0 Å². The minimum absolute atomic E-state index is 0.0767. The molecule has 23 heavy (non-hydrogen) atoms. The van der Waals surface area contributed by atoms with Crippen molar-refractivity contribution in [3.05, 3.63) is 34.9 Å². The monoisotopic (exact) mass is 335 g/mol. The summed E-state index contributed by atoms with van der Waals surface area (Å²) in [7, 11) is 0. The van der Waals surface area contributed by atoms with Crippen LogP contribution in [0.25, 0.3) is 0 Å². The van der Waals surface area contributed by atoms with Crippen LogP contribution in [0.1, 0.15) is 43.6 Å². The van der Waals surface area contributed by atoms with Gasteiger partial charge in [0.05, 0.1) is 0 Å². The molecule has 1 aliphatic carbocycles. The van der Waals surface area contributed by atoms with Crippen molar-refractivity contribution in [3.63, 3.8) is 0 Å². The summed E-state index contributed by atoms with van der Waals surface area (Å²) in [6.07, 6.45) is 4.61. The number of likely N-dealkylation sites (tertiary alicyclic amines) is 1. The van der Waals surface area contributed by atoms with Gasteiger partial charge in [0.25, 0.3) is 0 Å². The number of nitrogens with zero attached hydrogens (tertiary/aromatic N) is 1. The molecular weight excluding hydrogens is 314 g/mol. The molecule has 124 valence electrons. The third-order valence-electron chi connectivity index (χ3n) is 4.98. The van der Waals surface area contributed by atoms with Crippen molar-refractivity contribution < 1.29 is 9.59 Å². The van der Waals surface area contributed by atoms with Crippen LogP contribution in [0.15, 0.2) is 24.3 Å². The SMILES string of the molecule is NC(=O)N1CCC[C@H]1C(=O)NC1CCCC1c1ccc(Cl)cc1. The van der Waals surface area contributed by atoms with Crippen LogP contribution in [0.2, 0.25) is 5.02 Å². The second kappa shape index (κ2) is 6.79. The van der Waals surface area contributed by atoms with Gasteiger partial charge in [-0.05, 0) is 43.4 Å². The van der Waals surface area contributed by atoms with Crippen LogP contribution in [0.3, 0.4) is 0 Å². The summed E-state index contributed by atoms with van der Waals surface area (Å²) >= 11 is 5.95. The number of nitrogens with one attached hydrogen (secondary N) is 1. The Hall–Kier alpha value is -1.75. The molecule has 1 aromatic carbocycles. The fourth-order valence-corrected chi connectivity index (χ4v) is 3.95. The zero-order valence-corrected chi connectivity index (χ0v) is 13.8. The van der Waals surface area contributed by atoms with Crippen LogP contribution < -0.4 is 11.1 Å². The largest absolute Gasteiger partial charge is 0.351 e. The Morgan fingerprint density at radius 2 is 1.87 bits per heavy atom. The van der Waals surface area contributed by atoms with E-state index >= 15 is 0 Å². The summed E-state index contributed by atoms with van der Waals surface area (Å²) in [6.45, 7) is 0.568. The third kappa shape index (κ3) is 3.44. The summed E-state index contributed by atoms with van der Waals surface area (Å²) in [4.78, 5) is 25.5. The first-order valence-corrected chi connectivity index (χ1v) is 8.56. The van der Waals surface area contributed by atoms with Gasteiger partial charge in [-0.2, -0.15) is 0 Å². The lowest BCUT2D eigenvalue weighted by Crippen LogP contribution is -2.50. The van der Waals surface area contributed by atoms with Crippen molar-refractivity contribution in [1.82, 2.24) is 10.2 Å². The van der Waals surface area contributed by atoms with Gasteiger partial charge in [-0.25, -0.2) is 4.79 Å². The van der Waals surface area contributed by atoms with E-state index in [4.69, 9.17) is 17.3 Å². The fraction of sp³-hybridized carbons (Fsp3) is 0.529. The summed E-state index contributed by atoms with van der Waals surface area (Å²) in [5, 5.41) is 3.87. The van der Waals surface area contributed by atoms with Gasteiger partial charge in [-0.3, -0.25) is 4.79 Å². The number of carbonyl (C=O) groups is 2. The first kappa shape index (κ1) is 16.1. The predicted molar refractivity (Wildman–Crippen MR) is 89.3 cm³/mol. The van der Waals surface area contributed by atoms with Crippen molar-refractivity contribution in [2.45, 2.75) is 50.1 Å². The molecule has 0 spiro atoms. The number of carbonyl (C=O) groups excluding carboxylic acids is 2. The highest BCUT2D eigenvalue weighted by atomic mass is 35.5. The van der Waals surface area contributed by atoms with E-state index < -0.39 is 12.1 Å². The Balaban J connectivity index is 1.67. The minimum atomic E-state index is -0.511. The Kier molecular flexibility index (Phi) is 4.76. The Bertz CT molecular complexity index is 590. The van der Waals surface area contributed by atoms with Crippen LogP contribution in [0.5, 0.6) is 0 Å².